The van der Waals surface area contributed by atoms with Gasteiger partial charge in [0.1, 0.15) is 5.75 Å². The summed E-state index contributed by atoms with van der Waals surface area (Å²) in [6.07, 6.45) is 0.869. The number of methoxy groups -OCH3 is 1. The first-order valence-electron chi connectivity index (χ1n) is 8.24. The molecule has 0 bridgehead atoms. The third-order valence-corrected chi connectivity index (χ3v) is 4.07. The van der Waals surface area contributed by atoms with Gasteiger partial charge in [0.15, 0.2) is 0 Å². The molecule has 0 saturated heterocycles. The summed E-state index contributed by atoms with van der Waals surface area (Å²) in [5, 5.41) is 5.90. The number of carbonyl (C=O) groups is 2. The summed E-state index contributed by atoms with van der Waals surface area (Å²) < 4.78 is 5.19. The van der Waals surface area contributed by atoms with Crippen LogP contribution in [0.5, 0.6) is 5.75 Å². The number of nitrogens with one attached hydrogen (secondary N) is 2. The van der Waals surface area contributed by atoms with Gasteiger partial charge in [-0.15, -0.1) is 0 Å². The SMILES string of the molecule is CCCNC(=O)c1cccc(CNC(=O)c2cc(Cl)c(N)cc2OC)c1. The fourth-order valence-corrected chi connectivity index (χ4v) is 2.52. The molecule has 0 saturated carbocycles. The van der Waals surface area contributed by atoms with Crippen LogP contribution in [0.25, 0.3) is 0 Å². The van der Waals surface area contributed by atoms with Crippen LogP contribution in [-0.2, 0) is 6.54 Å². The molecule has 2 aromatic rings. The van der Waals surface area contributed by atoms with E-state index in [9.17, 15) is 9.59 Å². The fourth-order valence-electron chi connectivity index (χ4n) is 2.36. The molecule has 4 N–H and O–H groups in total. The second-order valence-electron chi connectivity index (χ2n) is 5.71. The summed E-state index contributed by atoms with van der Waals surface area (Å²) in [5.74, 6) is -0.131. The topological polar surface area (TPSA) is 93.5 Å². The zero-order valence-electron chi connectivity index (χ0n) is 14.8. The maximum Gasteiger partial charge on any atom is 0.255 e. The van der Waals surface area contributed by atoms with Gasteiger partial charge in [0.25, 0.3) is 11.8 Å². The van der Waals surface area contributed by atoms with Crippen molar-refractivity contribution in [2.24, 2.45) is 0 Å². The van der Waals surface area contributed by atoms with Crippen molar-refractivity contribution in [1.29, 1.82) is 0 Å². The lowest BCUT2D eigenvalue weighted by Gasteiger charge is -2.12. The van der Waals surface area contributed by atoms with Crippen molar-refractivity contribution >= 4 is 29.1 Å². The minimum absolute atomic E-state index is 0.132. The van der Waals surface area contributed by atoms with E-state index in [1.54, 1.807) is 18.2 Å². The van der Waals surface area contributed by atoms with E-state index in [-0.39, 0.29) is 23.4 Å². The third kappa shape index (κ3) is 4.89. The number of ether oxygens (including phenoxy) is 1. The molecule has 0 spiro atoms. The average molecular weight is 376 g/mol. The third-order valence-electron chi connectivity index (χ3n) is 3.74. The van der Waals surface area contributed by atoms with E-state index in [0.29, 0.717) is 29.1 Å². The maximum absolute atomic E-state index is 12.5. The van der Waals surface area contributed by atoms with Crippen molar-refractivity contribution in [2.45, 2.75) is 19.9 Å². The Kier molecular flexibility index (Phi) is 6.86. The first kappa shape index (κ1) is 19.6. The Morgan fingerprint density at radius 2 is 1.92 bits per heavy atom. The lowest BCUT2D eigenvalue weighted by molar-refractivity contribution is 0.0944. The predicted molar refractivity (Wildman–Crippen MR) is 103 cm³/mol. The van der Waals surface area contributed by atoms with Gasteiger partial charge in [0.2, 0.25) is 0 Å². The molecule has 6 nitrogen and oxygen atoms in total. The lowest BCUT2D eigenvalue weighted by Crippen LogP contribution is -2.25. The van der Waals surface area contributed by atoms with Crippen LogP contribution in [-0.4, -0.2) is 25.5 Å². The highest BCUT2D eigenvalue weighted by Crippen LogP contribution is 2.28. The molecule has 2 rings (SSSR count). The summed E-state index contributed by atoms with van der Waals surface area (Å²) in [6.45, 7) is 2.88. The standard InChI is InChI=1S/C19H22ClN3O3/c1-3-7-22-18(24)13-6-4-5-12(8-13)11-23-19(25)14-9-15(20)16(21)10-17(14)26-2/h4-6,8-10H,3,7,11,21H2,1-2H3,(H,22,24)(H,23,25). The molecule has 0 unspecified atom stereocenters. The molecule has 0 aliphatic carbocycles. The molecule has 2 aromatic carbocycles. The maximum atomic E-state index is 12.5. The van der Waals surface area contributed by atoms with Crippen LogP contribution in [0.1, 0.15) is 39.6 Å². The second kappa shape index (κ2) is 9.10. The molecule has 0 aliphatic heterocycles. The van der Waals surface area contributed by atoms with Crippen molar-refractivity contribution in [1.82, 2.24) is 10.6 Å². The Morgan fingerprint density at radius 3 is 2.62 bits per heavy atom. The summed E-state index contributed by atoms with van der Waals surface area (Å²) in [5.41, 5.74) is 7.72. The molecule has 2 amide bonds. The van der Waals surface area contributed by atoms with E-state index in [4.69, 9.17) is 22.1 Å². The largest absolute Gasteiger partial charge is 0.496 e. The summed E-state index contributed by atoms with van der Waals surface area (Å²) in [7, 11) is 1.46. The summed E-state index contributed by atoms with van der Waals surface area (Å²) in [4.78, 5) is 24.5. The Labute approximate surface area is 157 Å². The highest BCUT2D eigenvalue weighted by atomic mass is 35.5. The van der Waals surface area contributed by atoms with Crippen LogP contribution < -0.4 is 21.1 Å². The Hall–Kier alpha value is -2.73. The zero-order valence-corrected chi connectivity index (χ0v) is 15.5. The Morgan fingerprint density at radius 1 is 1.15 bits per heavy atom. The van der Waals surface area contributed by atoms with E-state index in [2.05, 4.69) is 10.6 Å². The van der Waals surface area contributed by atoms with E-state index in [1.807, 2.05) is 13.0 Å². The van der Waals surface area contributed by atoms with Gasteiger partial charge in [-0.2, -0.15) is 0 Å². The lowest BCUT2D eigenvalue weighted by atomic mass is 10.1. The molecule has 0 heterocycles. The Balaban J connectivity index is 2.08. The van der Waals surface area contributed by atoms with E-state index < -0.39 is 0 Å². The molecule has 0 aromatic heterocycles. The van der Waals surface area contributed by atoms with Crippen molar-refractivity contribution < 1.29 is 14.3 Å². The van der Waals surface area contributed by atoms with Crippen molar-refractivity contribution in [2.75, 3.05) is 19.4 Å². The first-order chi connectivity index (χ1) is 12.5. The van der Waals surface area contributed by atoms with Gasteiger partial charge in [-0.3, -0.25) is 9.59 Å². The molecular weight excluding hydrogens is 354 g/mol. The van der Waals surface area contributed by atoms with Crippen LogP contribution in [0.4, 0.5) is 5.69 Å². The number of halogens is 1. The number of benzene rings is 2. The van der Waals surface area contributed by atoms with Crippen LogP contribution >= 0.6 is 11.6 Å². The van der Waals surface area contributed by atoms with Gasteiger partial charge < -0.3 is 21.1 Å². The van der Waals surface area contributed by atoms with Crippen LogP contribution in [0, 0.1) is 0 Å². The van der Waals surface area contributed by atoms with Gasteiger partial charge in [0.05, 0.1) is 23.4 Å². The number of nitrogens with two attached hydrogens (primary N) is 1. The molecule has 0 radical (unpaired) electrons. The van der Waals surface area contributed by atoms with Crippen molar-refractivity contribution in [3.8, 4) is 5.75 Å². The van der Waals surface area contributed by atoms with Gasteiger partial charge in [-0.1, -0.05) is 30.7 Å². The normalized spacial score (nSPS) is 10.3. The van der Waals surface area contributed by atoms with Crippen LogP contribution in [0.2, 0.25) is 5.02 Å². The minimum Gasteiger partial charge on any atom is -0.496 e. The molecule has 26 heavy (non-hydrogen) atoms. The molecule has 0 atom stereocenters. The average Bonchev–Trinajstić information content (AvgIpc) is 2.66. The van der Waals surface area contributed by atoms with Gasteiger partial charge in [-0.05, 0) is 30.2 Å². The number of rotatable bonds is 7. The second-order valence-corrected chi connectivity index (χ2v) is 6.12. The molecular formula is C19H22ClN3O3. The zero-order chi connectivity index (χ0) is 19.1. The van der Waals surface area contributed by atoms with Crippen molar-refractivity contribution in [3.05, 3.63) is 58.1 Å². The fraction of sp³-hybridized carbons (Fsp3) is 0.263. The highest BCUT2D eigenvalue weighted by molar-refractivity contribution is 6.33. The first-order valence-corrected chi connectivity index (χ1v) is 8.62. The summed E-state index contributed by atoms with van der Waals surface area (Å²) >= 11 is 6.00. The monoisotopic (exact) mass is 375 g/mol. The smallest absolute Gasteiger partial charge is 0.255 e. The van der Waals surface area contributed by atoms with E-state index in [0.717, 1.165) is 12.0 Å². The number of hydrogen-bond donors (Lipinski definition) is 3. The van der Waals surface area contributed by atoms with Crippen molar-refractivity contribution in [3.63, 3.8) is 0 Å². The molecule has 0 fully saturated rings. The quantitative estimate of drug-likeness (QED) is 0.648. The predicted octanol–water partition coefficient (Wildman–Crippen LogP) is 3.00. The van der Waals surface area contributed by atoms with Gasteiger partial charge in [-0.25, -0.2) is 0 Å². The summed E-state index contributed by atoms with van der Waals surface area (Å²) in [6, 6.07) is 10.1. The highest BCUT2D eigenvalue weighted by Gasteiger charge is 2.15. The molecule has 0 aliphatic rings. The number of hydrogen-bond acceptors (Lipinski definition) is 4. The number of nitrogen functional groups attached to an aromatic ring is 1. The Bertz CT molecular complexity index is 809. The van der Waals surface area contributed by atoms with E-state index in [1.165, 1.54) is 19.2 Å². The molecule has 138 valence electrons. The van der Waals surface area contributed by atoms with Crippen LogP contribution in [0.3, 0.4) is 0 Å². The molecule has 7 heteroatoms. The van der Waals surface area contributed by atoms with Gasteiger partial charge in [0, 0.05) is 24.7 Å². The number of carbonyl (C=O) groups excluding carboxylic acids is 2. The van der Waals surface area contributed by atoms with E-state index >= 15 is 0 Å². The minimum atomic E-state index is -0.343. The van der Waals surface area contributed by atoms with Crippen LogP contribution in [0.15, 0.2) is 36.4 Å². The number of amides is 2. The van der Waals surface area contributed by atoms with Gasteiger partial charge >= 0.3 is 0 Å². The number of anilines is 1.